The Morgan fingerprint density at radius 2 is 0.731 bits per heavy atom. The van der Waals surface area contributed by atoms with Crippen LogP contribution >= 0.6 is 0 Å². The van der Waals surface area contributed by atoms with E-state index in [1.165, 1.54) is 47.9 Å². The van der Waals surface area contributed by atoms with Crippen molar-refractivity contribution in [2.24, 2.45) is 0 Å². The van der Waals surface area contributed by atoms with Crippen LogP contribution in [0, 0.1) is 23.7 Å². The molecule has 0 saturated carbocycles. The van der Waals surface area contributed by atoms with Gasteiger partial charge in [-0.2, -0.15) is 0 Å². The predicted molar refractivity (Wildman–Crippen MR) is 220 cm³/mol. The molecule has 0 fully saturated rings. The monoisotopic (exact) mass is 707 g/mol. The molecule has 0 radical (unpaired) electrons. The maximum atomic E-state index is 6.51. The molecular weight excluding hydrogens is 641 g/mol. The summed E-state index contributed by atoms with van der Waals surface area (Å²) in [4.78, 5) is 8.79. The Balaban J connectivity index is 2.14. The summed E-state index contributed by atoms with van der Waals surface area (Å²) in [6.45, 7) is 9.20. The van der Waals surface area contributed by atoms with Crippen molar-refractivity contribution in [3.63, 3.8) is 0 Å². The van der Waals surface area contributed by atoms with Gasteiger partial charge in [-0.15, -0.1) is 0 Å². The van der Waals surface area contributed by atoms with Crippen molar-refractivity contribution in [2.75, 3.05) is 69.6 Å². The topological polar surface area (TPSA) is 31.4 Å². The smallest absolute Gasteiger partial charge is 0.136 e. The molecule has 6 nitrogen and oxygen atoms in total. The Hall–Kier alpha value is -3.78. The molecule has 0 aliphatic carbocycles. The molecule has 0 aromatic heterocycles. The summed E-state index contributed by atoms with van der Waals surface area (Å²) in [7, 11) is 16.8. The second-order valence-corrected chi connectivity index (χ2v) is 15.2. The van der Waals surface area contributed by atoms with E-state index in [2.05, 4.69) is 162 Å². The molecule has 282 valence electrons. The minimum absolute atomic E-state index is 0.643. The minimum atomic E-state index is 0.643. The third-order valence-corrected chi connectivity index (χ3v) is 8.38. The zero-order valence-electron chi connectivity index (χ0n) is 34.1. The SMILES string of the molecule is CCCCCCOc1cc(C#Cc2cc(CN(C)C)cc(CN(C)C)c2)c(OCCCCCC)cc1C#Cc1cc(CN(C)C)cc(CN(C)C)c1. The molecule has 6 heteroatoms. The summed E-state index contributed by atoms with van der Waals surface area (Å²) < 4.78 is 13.0. The Morgan fingerprint density at radius 3 is 1.02 bits per heavy atom. The van der Waals surface area contributed by atoms with E-state index in [0.717, 1.165) is 85.6 Å². The van der Waals surface area contributed by atoms with Crippen LogP contribution in [-0.4, -0.2) is 89.2 Å². The Bertz CT molecular complexity index is 1470. The molecule has 3 rings (SSSR count). The highest BCUT2D eigenvalue weighted by Gasteiger charge is 2.12. The number of ether oxygens (including phenoxy) is 2. The highest BCUT2D eigenvalue weighted by atomic mass is 16.5. The van der Waals surface area contributed by atoms with E-state index in [9.17, 15) is 0 Å². The van der Waals surface area contributed by atoms with Crippen LogP contribution in [0.3, 0.4) is 0 Å². The van der Waals surface area contributed by atoms with Crippen molar-refractivity contribution >= 4 is 0 Å². The second kappa shape index (κ2) is 23.0. The van der Waals surface area contributed by atoms with Gasteiger partial charge in [0.15, 0.2) is 0 Å². The van der Waals surface area contributed by atoms with Crippen LogP contribution in [0.2, 0.25) is 0 Å². The lowest BCUT2D eigenvalue weighted by Crippen LogP contribution is -2.13. The van der Waals surface area contributed by atoms with Crippen LogP contribution < -0.4 is 9.47 Å². The number of hydrogen-bond donors (Lipinski definition) is 0. The third-order valence-electron chi connectivity index (χ3n) is 8.38. The molecule has 0 N–H and O–H groups in total. The highest BCUT2D eigenvalue weighted by Crippen LogP contribution is 2.30. The summed E-state index contributed by atoms with van der Waals surface area (Å²) in [5, 5.41) is 0. The lowest BCUT2D eigenvalue weighted by molar-refractivity contribution is 0.295. The van der Waals surface area contributed by atoms with E-state index in [1.54, 1.807) is 0 Å². The minimum Gasteiger partial charge on any atom is -0.492 e. The fourth-order valence-corrected chi connectivity index (χ4v) is 6.19. The van der Waals surface area contributed by atoms with Crippen molar-refractivity contribution in [3.05, 3.63) is 93.0 Å². The summed E-state index contributed by atoms with van der Waals surface area (Å²) in [6, 6.07) is 17.5. The average molecular weight is 707 g/mol. The predicted octanol–water partition coefficient (Wildman–Crippen LogP) is 8.65. The number of nitrogens with zero attached hydrogens (tertiary/aromatic N) is 4. The van der Waals surface area contributed by atoms with Gasteiger partial charge in [0.2, 0.25) is 0 Å². The van der Waals surface area contributed by atoms with Gasteiger partial charge in [0.25, 0.3) is 0 Å². The number of hydrogen-bond acceptors (Lipinski definition) is 6. The summed E-state index contributed by atoms with van der Waals surface area (Å²) in [6.07, 6.45) is 9.10. The molecule has 3 aromatic carbocycles. The van der Waals surface area contributed by atoms with Gasteiger partial charge >= 0.3 is 0 Å². The number of benzene rings is 3. The molecule has 0 saturated heterocycles. The average Bonchev–Trinajstić information content (AvgIpc) is 3.05. The van der Waals surface area contributed by atoms with Crippen LogP contribution in [0.25, 0.3) is 0 Å². The zero-order valence-corrected chi connectivity index (χ0v) is 34.1. The largest absolute Gasteiger partial charge is 0.492 e. The zero-order chi connectivity index (χ0) is 37.9. The first kappa shape index (κ1) is 42.6. The quantitative estimate of drug-likeness (QED) is 0.0864. The number of unbranched alkanes of at least 4 members (excludes halogenated alkanes) is 6. The normalized spacial score (nSPS) is 11.2. The Labute approximate surface area is 317 Å². The van der Waals surface area contributed by atoms with Gasteiger partial charge < -0.3 is 29.1 Å². The second-order valence-electron chi connectivity index (χ2n) is 15.2. The van der Waals surface area contributed by atoms with Crippen LogP contribution in [0.4, 0.5) is 0 Å². The molecule has 0 atom stereocenters. The first-order valence-electron chi connectivity index (χ1n) is 19.3. The van der Waals surface area contributed by atoms with Crippen molar-refractivity contribution in [2.45, 2.75) is 91.4 Å². The standard InChI is InChI=1S/C46H66N4O2/c1-11-13-15-17-23-51-45-31-44(22-20-38-27-41(35-49(7)8)30-42(28-38)36-50(9)10)46(52-24-18-16-14-12-2)32-43(45)21-19-37-25-39(33-47(3)4)29-40(26-37)34-48(5)6/h25-32H,11-18,23-24,33-36H2,1-10H3. The highest BCUT2D eigenvalue weighted by molar-refractivity contribution is 5.61. The van der Waals surface area contributed by atoms with Crippen molar-refractivity contribution in [1.82, 2.24) is 19.6 Å². The lowest BCUT2D eigenvalue weighted by Gasteiger charge is -2.15. The van der Waals surface area contributed by atoms with E-state index < -0.39 is 0 Å². The molecule has 52 heavy (non-hydrogen) atoms. The lowest BCUT2D eigenvalue weighted by atomic mass is 10.0. The number of rotatable bonds is 20. The molecule has 0 heterocycles. The first-order valence-corrected chi connectivity index (χ1v) is 19.3. The van der Waals surface area contributed by atoms with Gasteiger partial charge in [-0.05, 0) is 116 Å². The van der Waals surface area contributed by atoms with Gasteiger partial charge in [-0.25, -0.2) is 0 Å². The van der Waals surface area contributed by atoms with E-state index in [-0.39, 0.29) is 0 Å². The van der Waals surface area contributed by atoms with E-state index in [0.29, 0.717) is 13.2 Å². The maximum absolute atomic E-state index is 6.51. The fourth-order valence-electron chi connectivity index (χ4n) is 6.19. The molecule has 3 aromatic rings. The molecule has 0 unspecified atom stereocenters. The van der Waals surface area contributed by atoms with Crippen LogP contribution in [0.15, 0.2) is 48.5 Å². The van der Waals surface area contributed by atoms with E-state index >= 15 is 0 Å². The van der Waals surface area contributed by atoms with Gasteiger partial charge in [-0.3, -0.25) is 0 Å². The van der Waals surface area contributed by atoms with Gasteiger partial charge in [0.05, 0.1) is 24.3 Å². The third kappa shape index (κ3) is 16.3. The van der Waals surface area contributed by atoms with Gasteiger partial charge in [-0.1, -0.05) is 88.2 Å². The van der Waals surface area contributed by atoms with Gasteiger partial charge in [0.1, 0.15) is 11.5 Å². The van der Waals surface area contributed by atoms with E-state index in [4.69, 9.17) is 9.47 Å². The van der Waals surface area contributed by atoms with Crippen molar-refractivity contribution in [1.29, 1.82) is 0 Å². The summed E-state index contributed by atoms with van der Waals surface area (Å²) in [5.41, 5.74) is 8.69. The fraction of sp³-hybridized carbons (Fsp3) is 0.522. The van der Waals surface area contributed by atoms with Crippen LogP contribution in [0.5, 0.6) is 11.5 Å². The van der Waals surface area contributed by atoms with Gasteiger partial charge in [0, 0.05) is 49.4 Å². The first-order chi connectivity index (χ1) is 24.9. The Kier molecular flexibility index (Phi) is 18.9. The van der Waals surface area contributed by atoms with Crippen molar-refractivity contribution in [3.8, 4) is 35.2 Å². The van der Waals surface area contributed by atoms with Crippen molar-refractivity contribution < 1.29 is 9.47 Å². The summed E-state index contributed by atoms with van der Waals surface area (Å²) in [5.74, 6) is 15.5. The molecule has 0 aliphatic rings. The molecular formula is C46H66N4O2. The molecule has 0 aliphatic heterocycles. The molecule has 0 bridgehead atoms. The van der Waals surface area contributed by atoms with E-state index in [1.807, 2.05) is 0 Å². The Morgan fingerprint density at radius 1 is 0.404 bits per heavy atom. The molecule has 0 spiro atoms. The van der Waals surface area contributed by atoms with Crippen LogP contribution in [-0.2, 0) is 26.2 Å². The molecule has 0 amide bonds. The maximum Gasteiger partial charge on any atom is 0.136 e. The summed E-state index contributed by atoms with van der Waals surface area (Å²) >= 11 is 0. The van der Waals surface area contributed by atoms with Crippen LogP contribution in [0.1, 0.15) is 110 Å².